The highest BCUT2D eigenvalue weighted by atomic mass is 32.2. The van der Waals surface area contributed by atoms with E-state index in [1.54, 1.807) is 18.3 Å². The molecule has 1 fully saturated rings. The lowest BCUT2D eigenvalue weighted by atomic mass is 10.1. The Balaban J connectivity index is 1.46. The molecule has 1 N–H and O–H groups in total. The number of carbonyl (C=O) groups is 1. The number of benzene rings is 3. The molecule has 1 atom stereocenters. The first-order valence-corrected chi connectivity index (χ1v) is 9.38. The molecule has 134 valence electrons. The van der Waals surface area contributed by atoms with Crippen LogP contribution in [0, 0.1) is 5.82 Å². The average Bonchev–Trinajstić information content (AvgIpc) is 3.03. The van der Waals surface area contributed by atoms with E-state index in [0.717, 1.165) is 21.9 Å². The van der Waals surface area contributed by atoms with Gasteiger partial charge in [0.05, 0.1) is 11.5 Å². The van der Waals surface area contributed by atoms with Gasteiger partial charge in [-0.15, -0.1) is 5.10 Å². The highest BCUT2D eigenvalue weighted by Gasteiger charge is 2.30. The fourth-order valence-electron chi connectivity index (χ4n) is 2.93. The lowest BCUT2D eigenvalue weighted by molar-refractivity contribution is -0.118. The highest BCUT2D eigenvalue weighted by molar-refractivity contribution is 8.15. The number of amides is 1. The summed E-state index contributed by atoms with van der Waals surface area (Å²) in [7, 11) is 0. The van der Waals surface area contributed by atoms with Gasteiger partial charge in [-0.2, -0.15) is 5.10 Å². The normalized spacial score (nSPS) is 18.5. The van der Waals surface area contributed by atoms with E-state index in [4.69, 9.17) is 0 Å². The van der Waals surface area contributed by atoms with Crippen LogP contribution >= 0.6 is 11.8 Å². The third-order valence-corrected chi connectivity index (χ3v) is 5.35. The van der Waals surface area contributed by atoms with Crippen molar-refractivity contribution in [3.63, 3.8) is 0 Å². The maximum Gasteiger partial charge on any atom is 0.239 e. The first-order valence-electron chi connectivity index (χ1n) is 8.50. The first kappa shape index (κ1) is 17.4. The van der Waals surface area contributed by atoms with E-state index in [0.29, 0.717) is 11.6 Å². The Morgan fingerprint density at radius 1 is 1.04 bits per heavy atom. The van der Waals surface area contributed by atoms with Crippen LogP contribution in [-0.2, 0) is 11.2 Å². The maximum absolute atomic E-state index is 13.0. The van der Waals surface area contributed by atoms with Gasteiger partial charge in [0, 0.05) is 5.56 Å². The van der Waals surface area contributed by atoms with Crippen molar-refractivity contribution in [1.29, 1.82) is 0 Å². The second-order valence-electron chi connectivity index (χ2n) is 6.14. The number of carbonyl (C=O) groups excluding carboxylic acids is 1. The zero-order chi connectivity index (χ0) is 18.6. The summed E-state index contributed by atoms with van der Waals surface area (Å²) in [5.74, 6) is -0.393. The van der Waals surface area contributed by atoms with Gasteiger partial charge in [-0.3, -0.25) is 4.79 Å². The Morgan fingerprint density at radius 3 is 2.67 bits per heavy atom. The van der Waals surface area contributed by atoms with Crippen molar-refractivity contribution in [3.05, 3.63) is 83.7 Å². The number of thioether (sulfide) groups is 1. The molecule has 1 aliphatic heterocycles. The Labute approximate surface area is 160 Å². The molecule has 4 nitrogen and oxygen atoms in total. The summed E-state index contributed by atoms with van der Waals surface area (Å²) >= 11 is 1.34. The van der Waals surface area contributed by atoms with E-state index in [2.05, 4.69) is 15.5 Å². The third kappa shape index (κ3) is 4.06. The van der Waals surface area contributed by atoms with Gasteiger partial charge in [0.1, 0.15) is 5.82 Å². The largest absolute Gasteiger partial charge is 0.303 e. The zero-order valence-corrected chi connectivity index (χ0v) is 15.1. The van der Waals surface area contributed by atoms with Gasteiger partial charge >= 0.3 is 0 Å². The molecule has 0 saturated carbocycles. The van der Waals surface area contributed by atoms with E-state index in [-0.39, 0.29) is 17.0 Å². The number of halogens is 1. The van der Waals surface area contributed by atoms with Crippen LogP contribution in [0.5, 0.6) is 0 Å². The van der Waals surface area contributed by atoms with Crippen molar-refractivity contribution in [2.24, 2.45) is 10.2 Å². The fourth-order valence-corrected chi connectivity index (χ4v) is 3.89. The first-order chi connectivity index (χ1) is 13.2. The van der Waals surface area contributed by atoms with Crippen LogP contribution in [0.25, 0.3) is 10.8 Å². The lowest BCUT2D eigenvalue weighted by Gasteiger charge is -2.04. The van der Waals surface area contributed by atoms with E-state index >= 15 is 0 Å². The molecular formula is C21H16FN3OS. The molecule has 1 unspecified atom stereocenters. The van der Waals surface area contributed by atoms with Gasteiger partial charge in [0.2, 0.25) is 5.91 Å². The van der Waals surface area contributed by atoms with E-state index in [1.807, 2.05) is 42.5 Å². The molecule has 0 aliphatic carbocycles. The molecule has 0 radical (unpaired) electrons. The number of fused-ring (bicyclic) bond motifs is 1. The Bertz CT molecular complexity index is 1040. The van der Waals surface area contributed by atoms with Crippen molar-refractivity contribution in [2.45, 2.75) is 11.7 Å². The van der Waals surface area contributed by atoms with E-state index in [9.17, 15) is 9.18 Å². The molecule has 27 heavy (non-hydrogen) atoms. The van der Waals surface area contributed by atoms with Crippen LogP contribution in [0.15, 0.2) is 76.9 Å². The van der Waals surface area contributed by atoms with Gasteiger partial charge in [0.15, 0.2) is 5.17 Å². The molecule has 0 aromatic heterocycles. The monoisotopic (exact) mass is 377 g/mol. The van der Waals surface area contributed by atoms with Crippen LogP contribution in [0.4, 0.5) is 4.39 Å². The van der Waals surface area contributed by atoms with Crippen LogP contribution in [0.1, 0.15) is 11.1 Å². The summed E-state index contributed by atoms with van der Waals surface area (Å²) < 4.78 is 13.0. The van der Waals surface area contributed by atoms with Crippen LogP contribution in [-0.4, -0.2) is 22.5 Å². The SMILES string of the molecule is O=C1N/C(=N\N=C\c2cccc3ccccc23)SC1Cc1ccc(F)cc1. The Morgan fingerprint density at radius 2 is 1.81 bits per heavy atom. The number of rotatable bonds is 4. The number of amidine groups is 1. The Hall–Kier alpha value is -2.99. The van der Waals surface area contributed by atoms with Gasteiger partial charge < -0.3 is 5.32 Å². The van der Waals surface area contributed by atoms with Crippen LogP contribution in [0.2, 0.25) is 0 Å². The van der Waals surface area contributed by atoms with Crippen molar-refractivity contribution < 1.29 is 9.18 Å². The predicted octanol–water partition coefficient (Wildman–Crippen LogP) is 4.14. The molecule has 1 heterocycles. The van der Waals surface area contributed by atoms with Gasteiger partial charge in [0.25, 0.3) is 0 Å². The van der Waals surface area contributed by atoms with Gasteiger partial charge in [-0.25, -0.2) is 4.39 Å². The highest BCUT2D eigenvalue weighted by Crippen LogP contribution is 2.23. The molecule has 3 aromatic rings. The summed E-state index contributed by atoms with van der Waals surface area (Å²) in [6.45, 7) is 0. The van der Waals surface area contributed by atoms with Crippen molar-refractivity contribution in [2.75, 3.05) is 0 Å². The number of nitrogens with one attached hydrogen (secondary N) is 1. The van der Waals surface area contributed by atoms with Gasteiger partial charge in [-0.1, -0.05) is 66.4 Å². The lowest BCUT2D eigenvalue weighted by Crippen LogP contribution is -2.25. The van der Waals surface area contributed by atoms with E-state index < -0.39 is 0 Å². The summed E-state index contributed by atoms with van der Waals surface area (Å²) in [5.41, 5.74) is 1.87. The van der Waals surface area contributed by atoms with Gasteiger partial charge in [-0.05, 0) is 34.9 Å². The number of nitrogens with zero attached hydrogens (tertiary/aromatic N) is 2. The second kappa shape index (κ2) is 7.72. The topological polar surface area (TPSA) is 53.8 Å². The number of hydrogen-bond donors (Lipinski definition) is 1. The summed E-state index contributed by atoms with van der Waals surface area (Å²) in [4.78, 5) is 12.1. The fraction of sp³-hybridized carbons (Fsp3) is 0.0952. The number of hydrogen-bond acceptors (Lipinski definition) is 4. The molecule has 1 amide bonds. The predicted molar refractivity (Wildman–Crippen MR) is 109 cm³/mol. The second-order valence-corrected chi connectivity index (χ2v) is 7.34. The minimum Gasteiger partial charge on any atom is -0.303 e. The van der Waals surface area contributed by atoms with Crippen molar-refractivity contribution >= 4 is 39.8 Å². The standard InChI is InChI=1S/C21H16FN3OS/c22-17-10-8-14(9-11-17)12-19-20(26)24-21(27-19)25-23-13-16-6-3-5-15-4-1-2-7-18(15)16/h1-11,13,19H,12H2,(H,24,25,26)/b23-13+. The van der Waals surface area contributed by atoms with Crippen molar-refractivity contribution in [1.82, 2.24) is 5.32 Å². The van der Waals surface area contributed by atoms with E-state index in [1.165, 1.54) is 23.9 Å². The van der Waals surface area contributed by atoms with Crippen LogP contribution < -0.4 is 5.32 Å². The third-order valence-electron chi connectivity index (χ3n) is 4.28. The molecule has 1 aliphatic rings. The summed E-state index contributed by atoms with van der Waals surface area (Å²) in [6, 6.07) is 20.2. The Kier molecular flexibility index (Phi) is 4.98. The minimum absolute atomic E-state index is 0.108. The molecule has 0 bridgehead atoms. The minimum atomic E-state index is -0.290. The summed E-state index contributed by atoms with van der Waals surface area (Å²) in [5, 5.41) is 13.4. The van der Waals surface area contributed by atoms with Crippen LogP contribution in [0.3, 0.4) is 0 Å². The maximum atomic E-state index is 13.0. The summed E-state index contributed by atoms with van der Waals surface area (Å²) in [6.07, 6.45) is 2.21. The zero-order valence-electron chi connectivity index (χ0n) is 14.3. The molecule has 3 aromatic carbocycles. The quantitative estimate of drug-likeness (QED) is 0.549. The smallest absolute Gasteiger partial charge is 0.239 e. The van der Waals surface area contributed by atoms with Crippen molar-refractivity contribution in [3.8, 4) is 0 Å². The molecule has 1 saturated heterocycles. The molecule has 6 heteroatoms. The molecule has 4 rings (SSSR count). The molecular weight excluding hydrogens is 361 g/mol. The molecule has 0 spiro atoms. The average molecular weight is 377 g/mol.